The van der Waals surface area contributed by atoms with E-state index in [0.717, 1.165) is 43.6 Å². The smallest absolute Gasteiger partial charge is 0.254 e. The van der Waals surface area contributed by atoms with Crippen molar-refractivity contribution in [1.82, 2.24) is 20.0 Å². The summed E-state index contributed by atoms with van der Waals surface area (Å²) >= 11 is 0. The summed E-state index contributed by atoms with van der Waals surface area (Å²) in [6, 6.07) is 9.87. The monoisotopic (exact) mass is 354 g/mol. The zero-order valence-electron chi connectivity index (χ0n) is 15.3. The van der Waals surface area contributed by atoms with E-state index in [1.54, 1.807) is 6.20 Å². The summed E-state index contributed by atoms with van der Waals surface area (Å²) in [5, 5.41) is 7.40. The van der Waals surface area contributed by atoms with Crippen LogP contribution in [0.25, 0.3) is 5.69 Å². The topological polar surface area (TPSA) is 67.2 Å². The fourth-order valence-electron chi connectivity index (χ4n) is 3.34. The van der Waals surface area contributed by atoms with Crippen molar-refractivity contribution in [2.24, 2.45) is 0 Å². The van der Waals surface area contributed by atoms with Gasteiger partial charge in [0.05, 0.1) is 23.1 Å². The minimum Gasteiger partial charge on any atom is -0.352 e. The molecule has 6 heteroatoms. The first-order valence-corrected chi connectivity index (χ1v) is 9.39. The molecule has 26 heavy (non-hydrogen) atoms. The van der Waals surface area contributed by atoms with Gasteiger partial charge in [-0.25, -0.2) is 4.68 Å². The SMILES string of the molecule is CCCc1c(C(=O)NCCCN2CCCC2=O)cnn1-c1ccccc1. The third kappa shape index (κ3) is 4.12. The molecular formula is C20H26N4O2. The van der Waals surface area contributed by atoms with E-state index < -0.39 is 0 Å². The number of para-hydroxylation sites is 1. The molecule has 2 amide bonds. The Morgan fingerprint density at radius 1 is 1.27 bits per heavy atom. The molecule has 1 N–H and O–H groups in total. The lowest BCUT2D eigenvalue weighted by Gasteiger charge is -2.15. The van der Waals surface area contributed by atoms with Gasteiger partial charge in [-0.1, -0.05) is 31.5 Å². The van der Waals surface area contributed by atoms with Crippen LogP contribution in [0.1, 0.15) is 48.7 Å². The molecule has 1 saturated heterocycles. The van der Waals surface area contributed by atoms with Crippen LogP contribution < -0.4 is 5.32 Å². The van der Waals surface area contributed by atoms with Gasteiger partial charge in [0.25, 0.3) is 5.91 Å². The molecule has 0 radical (unpaired) electrons. The predicted molar refractivity (Wildman–Crippen MR) is 100 cm³/mol. The average molecular weight is 354 g/mol. The standard InChI is InChI=1S/C20H26N4O2/c1-2-8-18-17(15-22-24(18)16-9-4-3-5-10-16)20(26)21-12-7-14-23-13-6-11-19(23)25/h3-5,9-10,15H,2,6-8,11-14H2,1H3,(H,21,26). The van der Waals surface area contributed by atoms with Crippen molar-refractivity contribution in [3.8, 4) is 5.69 Å². The number of nitrogens with one attached hydrogen (secondary N) is 1. The minimum atomic E-state index is -0.0941. The fraction of sp³-hybridized carbons (Fsp3) is 0.450. The predicted octanol–water partition coefficient (Wildman–Crippen LogP) is 2.57. The third-order valence-electron chi connectivity index (χ3n) is 4.66. The van der Waals surface area contributed by atoms with Gasteiger partial charge in [0.2, 0.25) is 5.91 Å². The normalized spacial score (nSPS) is 14.0. The Balaban J connectivity index is 1.61. The Bertz CT molecular complexity index is 754. The number of carbonyl (C=O) groups excluding carboxylic acids is 2. The Labute approximate surface area is 154 Å². The Hall–Kier alpha value is -2.63. The van der Waals surface area contributed by atoms with Gasteiger partial charge in [-0.3, -0.25) is 9.59 Å². The third-order valence-corrected chi connectivity index (χ3v) is 4.66. The molecule has 1 aromatic heterocycles. The molecule has 1 aliphatic heterocycles. The molecule has 2 aromatic rings. The number of hydrogen-bond donors (Lipinski definition) is 1. The van der Waals surface area contributed by atoms with Crippen molar-refractivity contribution < 1.29 is 9.59 Å². The number of benzene rings is 1. The van der Waals surface area contributed by atoms with Crippen LogP contribution in [-0.4, -0.2) is 46.1 Å². The molecule has 0 spiro atoms. The van der Waals surface area contributed by atoms with Crippen molar-refractivity contribution in [2.45, 2.75) is 39.0 Å². The quantitative estimate of drug-likeness (QED) is 0.741. The van der Waals surface area contributed by atoms with E-state index in [4.69, 9.17) is 0 Å². The van der Waals surface area contributed by atoms with Crippen LogP contribution in [0, 0.1) is 0 Å². The Morgan fingerprint density at radius 2 is 2.08 bits per heavy atom. The molecule has 0 unspecified atom stereocenters. The van der Waals surface area contributed by atoms with E-state index in [1.807, 2.05) is 39.9 Å². The van der Waals surface area contributed by atoms with Crippen molar-refractivity contribution in [1.29, 1.82) is 0 Å². The molecule has 0 bridgehead atoms. The van der Waals surface area contributed by atoms with Gasteiger partial charge in [-0.15, -0.1) is 0 Å². The maximum absolute atomic E-state index is 12.6. The summed E-state index contributed by atoms with van der Waals surface area (Å²) in [6.45, 7) is 4.21. The maximum Gasteiger partial charge on any atom is 0.254 e. The molecule has 3 rings (SSSR count). The van der Waals surface area contributed by atoms with Gasteiger partial charge in [0.1, 0.15) is 0 Å². The summed E-state index contributed by atoms with van der Waals surface area (Å²) < 4.78 is 1.85. The molecule has 1 aromatic carbocycles. The largest absolute Gasteiger partial charge is 0.352 e. The molecular weight excluding hydrogens is 328 g/mol. The van der Waals surface area contributed by atoms with Crippen molar-refractivity contribution >= 4 is 11.8 Å². The number of amides is 2. The second-order valence-electron chi connectivity index (χ2n) is 6.60. The number of likely N-dealkylation sites (tertiary alicyclic amines) is 1. The van der Waals surface area contributed by atoms with Gasteiger partial charge in [-0.2, -0.15) is 5.10 Å². The molecule has 138 valence electrons. The van der Waals surface area contributed by atoms with E-state index in [2.05, 4.69) is 17.3 Å². The van der Waals surface area contributed by atoms with E-state index >= 15 is 0 Å². The molecule has 1 aliphatic rings. The first kappa shape index (κ1) is 18.2. The minimum absolute atomic E-state index is 0.0941. The lowest BCUT2D eigenvalue weighted by atomic mass is 10.1. The molecule has 0 atom stereocenters. The molecule has 1 fully saturated rings. The summed E-state index contributed by atoms with van der Waals surface area (Å²) in [6.07, 6.45) is 5.76. The summed E-state index contributed by atoms with van der Waals surface area (Å²) in [5.74, 6) is 0.133. The highest BCUT2D eigenvalue weighted by atomic mass is 16.2. The maximum atomic E-state index is 12.6. The highest BCUT2D eigenvalue weighted by Crippen LogP contribution is 2.17. The van der Waals surface area contributed by atoms with Crippen LogP contribution in [-0.2, 0) is 11.2 Å². The number of hydrogen-bond acceptors (Lipinski definition) is 3. The first-order chi connectivity index (χ1) is 12.7. The first-order valence-electron chi connectivity index (χ1n) is 9.39. The second-order valence-corrected chi connectivity index (χ2v) is 6.60. The zero-order chi connectivity index (χ0) is 18.4. The van der Waals surface area contributed by atoms with Crippen LogP contribution in [0.2, 0.25) is 0 Å². The van der Waals surface area contributed by atoms with Gasteiger partial charge >= 0.3 is 0 Å². The Morgan fingerprint density at radius 3 is 2.77 bits per heavy atom. The van der Waals surface area contributed by atoms with Crippen molar-refractivity contribution in [3.05, 3.63) is 47.8 Å². The van der Waals surface area contributed by atoms with Crippen molar-refractivity contribution in [3.63, 3.8) is 0 Å². The lowest BCUT2D eigenvalue weighted by Crippen LogP contribution is -2.31. The average Bonchev–Trinajstić information content (AvgIpc) is 3.26. The van der Waals surface area contributed by atoms with Crippen LogP contribution in [0.3, 0.4) is 0 Å². The highest BCUT2D eigenvalue weighted by Gasteiger charge is 2.20. The second kappa shape index (κ2) is 8.65. The zero-order valence-corrected chi connectivity index (χ0v) is 15.3. The number of nitrogens with zero attached hydrogens (tertiary/aromatic N) is 3. The van der Waals surface area contributed by atoms with Gasteiger partial charge in [0, 0.05) is 26.1 Å². The van der Waals surface area contributed by atoms with Crippen LogP contribution in [0.4, 0.5) is 0 Å². The van der Waals surface area contributed by atoms with Gasteiger partial charge in [0.15, 0.2) is 0 Å². The molecule has 6 nitrogen and oxygen atoms in total. The molecule has 0 saturated carbocycles. The van der Waals surface area contributed by atoms with Crippen LogP contribution in [0.15, 0.2) is 36.5 Å². The van der Waals surface area contributed by atoms with E-state index in [9.17, 15) is 9.59 Å². The Kier molecular flexibility index (Phi) is 6.04. The van der Waals surface area contributed by atoms with E-state index in [-0.39, 0.29) is 11.8 Å². The summed E-state index contributed by atoms with van der Waals surface area (Å²) in [5.41, 5.74) is 2.53. The van der Waals surface area contributed by atoms with Crippen molar-refractivity contribution in [2.75, 3.05) is 19.6 Å². The summed E-state index contributed by atoms with van der Waals surface area (Å²) in [7, 11) is 0. The molecule has 2 heterocycles. The van der Waals surface area contributed by atoms with E-state index in [1.165, 1.54) is 0 Å². The van der Waals surface area contributed by atoms with E-state index in [0.29, 0.717) is 25.1 Å². The van der Waals surface area contributed by atoms with Gasteiger partial charge < -0.3 is 10.2 Å². The number of rotatable bonds is 8. The number of aromatic nitrogens is 2. The molecule has 0 aliphatic carbocycles. The summed E-state index contributed by atoms with van der Waals surface area (Å²) in [4.78, 5) is 26.1. The highest BCUT2D eigenvalue weighted by molar-refractivity contribution is 5.95. The van der Waals surface area contributed by atoms with Crippen LogP contribution >= 0.6 is 0 Å². The van der Waals surface area contributed by atoms with Gasteiger partial charge in [-0.05, 0) is 31.4 Å². The lowest BCUT2D eigenvalue weighted by molar-refractivity contribution is -0.127. The van der Waals surface area contributed by atoms with Crippen LogP contribution in [0.5, 0.6) is 0 Å². The number of carbonyl (C=O) groups is 2. The fourth-order valence-corrected chi connectivity index (χ4v) is 3.34.